The molecule has 0 radical (unpaired) electrons. The van der Waals surface area contributed by atoms with Gasteiger partial charge in [-0.25, -0.2) is 4.98 Å². The second-order valence-electron chi connectivity index (χ2n) is 4.13. The molecule has 2 nitrogen and oxygen atoms in total. The third-order valence-electron chi connectivity index (χ3n) is 2.53. The van der Waals surface area contributed by atoms with Gasteiger partial charge in [0.1, 0.15) is 0 Å². The van der Waals surface area contributed by atoms with E-state index >= 15 is 0 Å². The summed E-state index contributed by atoms with van der Waals surface area (Å²) >= 11 is 5.08. The van der Waals surface area contributed by atoms with Gasteiger partial charge in [-0.1, -0.05) is 35.0 Å². The number of thiazole rings is 1. The summed E-state index contributed by atoms with van der Waals surface area (Å²) in [6.07, 6.45) is 0.845. The number of benzene rings is 1. The van der Waals surface area contributed by atoms with Crippen LogP contribution in [-0.2, 0) is 6.42 Å². The Morgan fingerprint density at radius 2 is 2.06 bits per heavy atom. The van der Waals surface area contributed by atoms with Crippen molar-refractivity contribution in [1.29, 1.82) is 0 Å². The molecule has 1 aromatic carbocycles. The van der Waals surface area contributed by atoms with E-state index in [9.17, 15) is 0 Å². The second-order valence-corrected chi connectivity index (χ2v) is 5.98. The smallest absolute Gasteiger partial charge is 0.0936 e. The van der Waals surface area contributed by atoms with Crippen LogP contribution in [-0.4, -0.2) is 16.7 Å². The van der Waals surface area contributed by atoms with Crippen molar-refractivity contribution < 1.29 is 5.11 Å². The highest BCUT2D eigenvalue weighted by Gasteiger charge is 2.08. The molecule has 0 aliphatic rings. The molecule has 2 aromatic rings. The quantitative estimate of drug-likeness (QED) is 0.933. The molecular formula is C13H14BrNOS. The lowest BCUT2D eigenvalue weighted by Gasteiger charge is -2.03. The van der Waals surface area contributed by atoms with E-state index in [4.69, 9.17) is 5.11 Å². The Kier molecular flexibility index (Phi) is 4.31. The molecule has 90 valence electrons. The van der Waals surface area contributed by atoms with Gasteiger partial charge in [-0.15, -0.1) is 11.3 Å². The van der Waals surface area contributed by atoms with Crippen molar-refractivity contribution in [3.63, 3.8) is 0 Å². The molecule has 1 aromatic heterocycles. The predicted octanol–water partition coefficient (Wildman–Crippen LogP) is 3.74. The van der Waals surface area contributed by atoms with Crippen LogP contribution in [0.1, 0.15) is 11.9 Å². The number of halogens is 1. The molecule has 4 heteroatoms. The Balaban J connectivity index is 2.15. The lowest BCUT2D eigenvalue weighted by atomic mass is 10.1. The van der Waals surface area contributed by atoms with E-state index < -0.39 is 0 Å². The molecule has 0 fully saturated rings. The Hall–Kier alpha value is -0.710. The molecule has 0 aliphatic heterocycles. The number of hydrogen-bond acceptors (Lipinski definition) is 3. The molecule has 1 unspecified atom stereocenters. The maximum Gasteiger partial charge on any atom is 0.0936 e. The van der Waals surface area contributed by atoms with Gasteiger partial charge in [-0.2, -0.15) is 0 Å². The zero-order valence-corrected chi connectivity index (χ0v) is 12.0. The molecule has 1 heterocycles. The van der Waals surface area contributed by atoms with Gasteiger partial charge in [-0.3, -0.25) is 0 Å². The third-order valence-corrected chi connectivity index (χ3v) is 3.93. The van der Waals surface area contributed by atoms with Crippen molar-refractivity contribution >= 4 is 27.3 Å². The summed E-state index contributed by atoms with van der Waals surface area (Å²) in [5.74, 6) is 0.277. The highest BCUT2D eigenvalue weighted by atomic mass is 79.9. The second kappa shape index (κ2) is 5.76. The first-order chi connectivity index (χ1) is 8.19. The standard InChI is InChI=1S/C13H14BrNOS/c1-9(7-16)6-13-15-12(8-17-13)10-2-4-11(14)5-3-10/h2-5,8-9,16H,6-7H2,1H3. The first kappa shape index (κ1) is 12.7. The van der Waals surface area contributed by atoms with Gasteiger partial charge in [0.25, 0.3) is 0 Å². The van der Waals surface area contributed by atoms with Gasteiger partial charge in [0.05, 0.1) is 10.7 Å². The summed E-state index contributed by atoms with van der Waals surface area (Å²) in [6.45, 7) is 2.24. The SMILES string of the molecule is CC(CO)Cc1nc(-c2ccc(Br)cc2)cs1. The van der Waals surface area contributed by atoms with Crippen molar-refractivity contribution in [3.05, 3.63) is 39.1 Å². The maximum absolute atomic E-state index is 9.02. The molecule has 0 spiro atoms. The molecule has 0 bridgehead atoms. The molecule has 17 heavy (non-hydrogen) atoms. The largest absolute Gasteiger partial charge is 0.396 e. The lowest BCUT2D eigenvalue weighted by Crippen LogP contribution is -2.03. The van der Waals surface area contributed by atoms with Gasteiger partial charge in [0, 0.05) is 28.4 Å². The summed E-state index contributed by atoms with van der Waals surface area (Å²) in [5.41, 5.74) is 2.15. The zero-order valence-electron chi connectivity index (χ0n) is 9.56. The van der Waals surface area contributed by atoms with Gasteiger partial charge >= 0.3 is 0 Å². The topological polar surface area (TPSA) is 33.1 Å². The van der Waals surface area contributed by atoms with Crippen LogP contribution in [0.5, 0.6) is 0 Å². The zero-order chi connectivity index (χ0) is 12.3. The van der Waals surface area contributed by atoms with E-state index in [1.54, 1.807) is 11.3 Å². The molecule has 1 atom stereocenters. The Morgan fingerprint density at radius 1 is 1.35 bits per heavy atom. The molecule has 2 rings (SSSR count). The van der Waals surface area contributed by atoms with Crippen molar-refractivity contribution in [1.82, 2.24) is 4.98 Å². The Labute approximate surface area is 113 Å². The van der Waals surface area contributed by atoms with E-state index in [-0.39, 0.29) is 12.5 Å². The normalized spacial score (nSPS) is 12.6. The average molecular weight is 312 g/mol. The average Bonchev–Trinajstić information content (AvgIpc) is 2.78. The molecule has 0 aliphatic carbocycles. The van der Waals surface area contributed by atoms with Crippen LogP contribution in [0.15, 0.2) is 34.1 Å². The number of nitrogens with zero attached hydrogens (tertiary/aromatic N) is 1. The fourth-order valence-electron chi connectivity index (χ4n) is 1.52. The number of hydrogen-bond donors (Lipinski definition) is 1. The van der Waals surface area contributed by atoms with Crippen molar-refractivity contribution in [2.75, 3.05) is 6.61 Å². The van der Waals surface area contributed by atoms with E-state index in [1.165, 1.54) is 0 Å². The summed E-state index contributed by atoms with van der Waals surface area (Å²) in [4.78, 5) is 4.59. The molecule has 0 saturated carbocycles. The van der Waals surface area contributed by atoms with Crippen LogP contribution >= 0.6 is 27.3 Å². The summed E-state index contributed by atoms with van der Waals surface area (Å²) < 4.78 is 1.07. The van der Waals surface area contributed by atoms with Crippen LogP contribution in [0.25, 0.3) is 11.3 Å². The van der Waals surface area contributed by atoms with E-state index in [1.807, 2.05) is 19.1 Å². The summed E-state index contributed by atoms with van der Waals surface area (Å²) in [5, 5.41) is 12.2. The predicted molar refractivity (Wildman–Crippen MR) is 75.2 cm³/mol. The van der Waals surface area contributed by atoms with Crippen LogP contribution < -0.4 is 0 Å². The number of aliphatic hydroxyl groups excluding tert-OH is 1. The first-order valence-electron chi connectivity index (χ1n) is 5.50. The minimum absolute atomic E-state index is 0.215. The molecule has 1 N–H and O–H groups in total. The van der Waals surface area contributed by atoms with Crippen molar-refractivity contribution in [3.8, 4) is 11.3 Å². The maximum atomic E-state index is 9.02. The minimum Gasteiger partial charge on any atom is -0.396 e. The van der Waals surface area contributed by atoms with Crippen LogP contribution in [0.2, 0.25) is 0 Å². The fraction of sp³-hybridized carbons (Fsp3) is 0.308. The van der Waals surface area contributed by atoms with Crippen molar-refractivity contribution in [2.45, 2.75) is 13.3 Å². The summed E-state index contributed by atoms with van der Waals surface area (Å²) in [7, 11) is 0. The molecule has 0 saturated heterocycles. The van der Waals surface area contributed by atoms with Gasteiger partial charge in [0.2, 0.25) is 0 Å². The lowest BCUT2D eigenvalue weighted by molar-refractivity contribution is 0.237. The highest BCUT2D eigenvalue weighted by Crippen LogP contribution is 2.24. The van der Waals surface area contributed by atoms with Crippen LogP contribution in [0.4, 0.5) is 0 Å². The Morgan fingerprint density at radius 3 is 2.71 bits per heavy atom. The van der Waals surface area contributed by atoms with Crippen molar-refractivity contribution in [2.24, 2.45) is 5.92 Å². The fourth-order valence-corrected chi connectivity index (χ4v) is 2.75. The molecular weight excluding hydrogens is 298 g/mol. The number of aliphatic hydroxyl groups is 1. The van der Waals surface area contributed by atoms with Crippen LogP contribution in [0, 0.1) is 5.92 Å². The number of rotatable bonds is 4. The minimum atomic E-state index is 0.215. The summed E-state index contributed by atoms with van der Waals surface area (Å²) in [6, 6.07) is 8.15. The third kappa shape index (κ3) is 3.37. The van der Waals surface area contributed by atoms with E-state index in [0.717, 1.165) is 27.2 Å². The van der Waals surface area contributed by atoms with Gasteiger partial charge < -0.3 is 5.11 Å². The van der Waals surface area contributed by atoms with Gasteiger partial charge in [-0.05, 0) is 18.1 Å². The number of aromatic nitrogens is 1. The Bertz CT molecular complexity index is 480. The highest BCUT2D eigenvalue weighted by molar-refractivity contribution is 9.10. The van der Waals surface area contributed by atoms with Gasteiger partial charge in [0.15, 0.2) is 0 Å². The molecule has 0 amide bonds. The van der Waals surface area contributed by atoms with Crippen LogP contribution in [0.3, 0.4) is 0 Å². The van der Waals surface area contributed by atoms with E-state index in [2.05, 4.69) is 38.4 Å². The monoisotopic (exact) mass is 311 g/mol. The van der Waals surface area contributed by atoms with E-state index in [0.29, 0.717) is 0 Å². The first-order valence-corrected chi connectivity index (χ1v) is 7.17.